The number of amides is 2. The van der Waals surface area contributed by atoms with E-state index >= 15 is 0 Å². The van der Waals surface area contributed by atoms with E-state index in [0.717, 1.165) is 23.8 Å². The lowest BCUT2D eigenvalue weighted by Gasteiger charge is -2.09. The smallest absolute Gasteiger partial charge is 0.277 e. The molecule has 3 aromatic rings. The monoisotopic (exact) mass is 420 g/mol. The number of nitro benzene ring substituents is 2. The van der Waals surface area contributed by atoms with Gasteiger partial charge in [-0.25, -0.2) is 0 Å². The highest BCUT2D eigenvalue weighted by molar-refractivity contribution is 6.06. The fourth-order valence-electron chi connectivity index (χ4n) is 2.80. The largest absolute Gasteiger partial charge is 0.322 e. The van der Waals surface area contributed by atoms with Gasteiger partial charge in [0, 0.05) is 29.1 Å². The van der Waals surface area contributed by atoms with Crippen LogP contribution in [-0.2, 0) is 0 Å². The lowest BCUT2D eigenvalue weighted by Crippen LogP contribution is -2.14. The standard InChI is InChI=1S/C21H16N4O6/c1-13-4-2-3-5-19(13)21(27)23-16-8-6-15(7-9-16)22-20(26)14-10-17(24(28)29)12-18(11-14)25(30)31/h2-12H,1H3,(H,22,26)(H,23,27). The number of nitrogens with one attached hydrogen (secondary N) is 2. The second kappa shape index (κ2) is 8.82. The molecule has 2 N–H and O–H groups in total. The van der Waals surface area contributed by atoms with E-state index in [9.17, 15) is 29.8 Å². The van der Waals surface area contributed by atoms with E-state index in [1.54, 1.807) is 24.3 Å². The Hall–Kier alpha value is -4.60. The molecule has 0 spiro atoms. The molecule has 0 saturated carbocycles. The van der Waals surface area contributed by atoms with Crippen LogP contribution in [0.1, 0.15) is 26.3 Å². The number of benzene rings is 3. The molecule has 0 radical (unpaired) electrons. The molecule has 0 saturated heterocycles. The zero-order valence-corrected chi connectivity index (χ0v) is 16.2. The number of anilines is 2. The van der Waals surface area contributed by atoms with Gasteiger partial charge < -0.3 is 10.6 Å². The first-order valence-corrected chi connectivity index (χ1v) is 8.97. The van der Waals surface area contributed by atoms with Gasteiger partial charge in [-0.1, -0.05) is 18.2 Å². The van der Waals surface area contributed by atoms with Crippen LogP contribution < -0.4 is 10.6 Å². The number of rotatable bonds is 6. The van der Waals surface area contributed by atoms with Gasteiger partial charge in [0.1, 0.15) is 0 Å². The van der Waals surface area contributed by atoms with Crippen molar-refractivity contribution in [2.24, 2.45) is 0 Å². The Morgan fingerprint density at radius 1 is 0.742 bits per heavy atom. The van der Waals surface area contributed by atoms with E-state index in [1.165, 1.54) is 12.1 Å². The Morgan fingerprint density at radius 3 is 1.71 bits per heavy atom. The molecular formula is C21H16N4O6. The van der Waals surface area contributed by atoms with Gasteiger partial charge in [-0.2, -0.15) is 0 Å². The third kappa shape index (κ3) is 5.07. The molecule has 3 rings (SSSR count). The van der Waals surface area contributed by atoms with Crippen LogP contribution in [0.5, 0.6) is 0 Å². The lowest BCUT2D eigenvalue weighted by atomic mass is 10.1. The molecule has 10 heteroatoms. The van der Waals surface area contributed by atoms with E-state index < -0.39 is 27.1 Å². The molecule has 0 aliphatic rings. The first kappa shape index (κ1) is 21.1. The number of hydrogen-bond acceptors (Lipinski definition) is 6. The van der Waals surface area contributed by atoms with Crippen molar-refractivity contribution in [3.63, 3.8) is 0 Å². The summed E-state index contributed by atoms with van der Waals surface area (Å²) in [6, 6.07) is 16.0. The Labute approximate surface area is 175 Å². The van der Waals surface area contributed by atoms with Crippen LogP contribution >= 0.6 is 0 Å². The number of nitro groups is 2. The van der Waals surface area contributed by atoms with Gasteiger partial charge in [0.05, 0.1) is 21.5 Å². The minimum atomic E-state index is -0.810. The number of nitrogens with zero attached hydrogens (tertiary/aromatic N) is 2. The molecule has 156 valence electrons. The zero-order chi connectivity index (χ0) is 22.5. The summed E-state index contributed by atoms with van der Waals surface area (Å²) in [5, 5.41) is 27.2. The summed E-state index contributed by atoms with van der Waals surface area (Å²) >= 11 is 0. The summed E-state index contributed by atoms with van der Waals surface area (Å²) in [7, 11) is 0. The van der Waals surface area contributed by atoms with Crippen LogP contribution in [0, 0.1) is 27.2 Å². The van der Waals surface area contributed by atoms with Gasteiger partial charge in [0.25, 0.3) is 23.2 Å². The van der Waals surface area contributed by atoms with Crippen LogP contribution in [0.4, 0.5) is 22.7 Å². The molecule has 0 aliphatic carbocycles. The minimum absolute atomic E-state index is 0.224. The van der Waals surface area contributed by atoms with Gasteiger partial charge in [-0.05, 0) is 42.8 Å². The Balaban J connectivity index is 1.73. The van der Waals surface area contributed by atoms with Crippen molar-refractivity contribution in [1.29, 1.82) is 0 Å². The zero-order valence-electron chi connectivity index (χ0n) is 16.2. The number of carbonyl (C=O) groups excluding carboxylic acids is 2. The normalized spacial score (nSPS) is 10.2. The van der Waals surface area contributed by atoms with Gasteiger partial charge in [0.15, 0.2) is 0 Å². The third-order valence-corrected chi connectivity index (χ3v) is 4.38. The van der Waals surface area contributed by atoms with Crippen LogP contribution in [-0.4, -0.2) is 21.7 Å². The molecule has 0 unspecified atom stereocenters. The van der Waals surface area contributed by atoms with Crippen molar-refractivity contribution in [3.05, 3.63) is 104 Å². The van der Waals surface area contributed by atoms with Crippen LogP contribution in [0.25, 0.3) is 0 Å². The predicted molar refractivity (Wildman–Crippen MR) is 113 cm³/mol. The molecule has 0 fully saturated rings. The molecule has 3 aromatic carbocycles. The van der Waals surface area contributed by atoms with E-state index in [-0.39, 0.29) is 11.5 Å². The highest BCUT2D eigenvalue weighted by Crippen LogP contribution is 2.24. The summed E-state index contributed by atoms with van der Waals surface area (Å²) in [4.78, 5) is 45.1. The topological polar surface area (TPSA) is 144 Å². The summed E-state index contributed by atoms with van der Waals surface area (Å²) < 4.78 is 0. The second-order valence-electron chi connectivity index (χ2n) is 6.55. The number of carbonyl (C=O) groups is 2. The summed E-state index contributed by atoms with van der Waals surface area (Å²) in [5.74, 6) is -1.03. The van der Waals surface area contributed by atoms with E-state index in [4.69, 9.17) is 0 Å². The van der Waals surface area contributed by atoms with Crippen molar-refractivity contribution >= 4 is 34.6 Å². The summed E-state index contributed by atoms with van der Waals surface area (Å²) in [5.41, 5.74) is 0.854. The fraction of sp³-hybridized carbons (Fsp3) is 0.0476. The highest BCUT2D eigenvalue weighted by atomic mass is 16.6. The Bertz CT molecular complexity index is 1160. The van der Waals surface area contributed by atoms with Crippen molar-refractivity contribution in [2.45, 2.75) is 6.92 Å². The molecule has 0 atom stereocenters. The van der Waals surface area contributed by atoms with Crippen molar-refractivity contribution in [1.82, 2.24) is 0 Å². The van der Waals surface area contributed by atoms with Crippen LogP contribution in [0.2, 0.25) is 0 Å². The molecule has 0 bridgehead atoms. The summed E-state index contributed by atoms with van der Waals surface area (Å²) in [6.07, 6.45) is 0. The van der Waals surface area contributed by atoms with Gasteiger partial charge in [-0.15, -0.1) is 0 Å². The molecule has 0 heterocycles. The van der Waals surface area contributed by atoms with Crippen LogP contribution in [0.3, 0.4) is 0 Å². The minimum Gasteiger partial charge on any atom is -0.322 e. The number of hydrogen-bond donors (Lipinski definition) is 2. The first-order chi connectivity index (χ1) is 14.7. The van der Waals surface area contributed by atoms with Gasteiger partial charge in [-0.3, -0.25) is 29.8 Å². The van der Waals surface area contributed by atoms with Crippen molar-refractivity contribution < 1.29 is 19.4 Å². The predicted octanol–water partition coefficient (Wildman–Crippen LogP) is 4.32. The van der Waals surface area contributed by atoms with Gasteiger partial charge >= 0.3 is 0 Å². The molecule has 0 aliphatic heterocycles. The van der Waals surface area contributed by atoms with Crippen molar-refractivity contribution in [2.75, 3.05) is 10.6 Å². The molecule has 10 nitrogen and oxygen atoms in total. The Morgan fingerprint density at radius 2 is 1.23 bits per heavy atom. The van der Waals surface area contributed by atoms with Crippen molar-refractivity contribution in [3.8, 4) is 0 Å². The summed E-state index contributed by atoms with van der Waals surface area (Å²) in [6.45, 7) is 1.83. The molecule has 2 amide bonds. The fourth-order valence-corrected chi connectivity index (χ4v) is 2.80. The molecule has 31 heavy (non-hydrogen) atoms. The lowest BCUT2D eigenvalue weighted by molar-refractivity contribution is -0.394. The van der Waals surface area contributed by atoms with E-state index in [0.29, 0.717) is 16.9 Å². The maximum absolute atomic E-state index is 12.4. The molecular weight excluding hydrogens is 404 g/mol. The quantitative estimate of drug-likeness (QED) is 0.449. The second-order valence-corrected chi connectivity index (χ2v) is 6.55. The Kier molecular flexibility index (Phi) is 6.01. The molecule has 0 aromatic heterocycles. The number of non-ortho nitro benzene ring substituents is 2. The number of aryl methyl sites for hydroxylation is 1. The highest BCUT2D eigenvalue weighted by Gasteiger charge is 2.20. The van der Waals surface area contributed by atoms with Crippen LogP contribution in [0.15, 0.2) is 66.7 Å². The van der Waals surface area contributed by atoms with E-state index in [1.807, 2.05) is 19.1 Å². The third-order valence-electron chi connectivity index (χ3n) is 4.38. The van der Waals surface area contributed by atoms with Gasteiger partial charge in [0.2, 0.25) is 0 Å². The van der Waals surface area contributed by atoms with E-state index in [2.05, 4.69) is 10.6 Å². The average Bonchev–Trinajstić information content (AvgIpc) is 2.75. The first-order valence-electron chi connectivity index (χ1n) is 8.97. The maximum Gasteiger partial charge on any atom is 0.277 e. The maximum atomic E-state index is 12.4. The average molecular weight is 420 g/mol. The SMILES string of the molecule is Cc1ccccc1C(=O)Nc1ccc(NC(=O)c2cc([N+](=O)[O-])cc([N+](=O)[O-])c2)cc1.